The van der Waals surface area contributed by atoms with Gasteiger partial charge in [0.25, 0.3) is 0 Å². The molecule has 2 aromatic rings. The van der Waals surface area contributed by atoms with E-state index in [-0.39, 0.29) is 16.3 Å². The number of pyridine rings is 1. The lowest BCUT2D eigenvalue weighted by atomic mass is 9.98. The van der Waals surface area contributed by atoms with E-state index in [0.717, 1.165) is 30.2 Å². The summed E-state index contributed by atoms with van der Waals surface area (Å²) in [6.45, 7) is 0. The first-order chi connectivity index (χ1) is 9.72. The van der Waals surface area contributed by atoms with Gasteiger partial charge < -0.3 is 0 Å². The van der Waals surface area contributed by atoms with Crippen LogP contribution in [0.15, 0.2) is 36.5 Å². The molecule has 4 rings (SSSR count). The number of allylic oxidation sites excluding steroid dienone is 1. The minimum Gasteiger partial charge on any atom is -0.259 e. The lowest BCUT2D eigenvalue weighted by Gasteiger charge is -2.20. The van der Waals surface area contributed by atoms with Gasteiger partial charge in [0.2, 0.25) is 0 Å². The van der Waals surface area contributed by atoms with E-state index in [0.29, 0.717) is 11.1 Å². The highest BCUT2D eigenvalue weighted by Gasteiger charge is 2.36. The summed E-state index contributed by atoms with van der Waals surface area (Å²) in [7, 11) is -0.758. The smallest absolute Gasteiger partial charge is 0.132 e. The van der Waals surface area contributed by atoms with Crippen LogP contribution in [-0.4, -0.2) is 19.7 Å². The Labute approximate surface area is 119 Å². The molecular weight excluding hydrogens is 273 g/mol. The molecule has 2 nitrogen and oxygen atoms in total. The molecule has 102 valence electrons. The Bertz CT molecular complexity index is 755. The molecule has 1 aromatic heterocycles. The molecule has 0 aliphatic carbocycles. The van der Waals surface area contributed by atoms with Crippen molar-refractivity contribution in [3.05, 3.63) is 47.9 Å². The summed E-state index contributed by atoms with van der Waals surface area (Å²) in [6.07, 6.45) is 6.39. The van der Waals surface area contributed by atoms with Gasteiger partial charge in [0.1, 0.15) is 5.82 Å². The van der Waals surface area contributed by atoms with Gasteiger partial charge in [-0.15, -0.1) is 0 Å². The zero-order valence-electron chi connectivity index (χ0n) is 10.9. The van der Waals surface area contributed by atoms with Crippen molar-refractivity contribution in [3.8, 4) is 0 Å². The second kappa shape index (κ2) is 4.48. The lowest BCUT2D eigenvalue weighted by molar-refractivity contribution is 0.623. The summed E-state index contributed by atoms with van der Waals surface area (Å²) >= 11 is 0. The van der Waals surface area contributed by atoms with Crippen molar-refractivity contribution in [2.24, 2.45) is 0 Å². The first kappa shape index (κ1) is 12.2. The van der Waals surface area contributed by atoms with Crippen molar-refractivity contribution in [2.75, 3.05) is 0 Å². The summed E-state index contributed by atoms with van der Waals surface area (Å²) in [5.74, 6) is -0.227. The quantitative estimate of drug-likeness (QED) is 0.804. The van der Waals surface area contributed by atoms with Crippen LogP contribution in [0.5, 0.6) is 0 Å². The van der Waals surface area contributed by atoms with Gasteiger partial charge in [0.05, 0.1) is 10.8 Å². The van der Waals surface area contributed by atoms with Crippen molar-refractivity contribution in [1.82, 2.24) is 4.98 Å². The molecular formula is C16H14FNOS. The molecule has 3 unspecified atom stereocenters. The number of hydrogen-bond donors (Lipinski definition) is 0. The zero-order valence-corrected chi connectivity index (χ0v) is 11.7. The Morgan fingerprint density at radius 2 is 2.20 bits per heavy atom. The van der Waals surface area contributed by atoms with Gasteiger partial charge >= 0.3 is 0 Å². The average Bonchev–Trinajstić information content (AvgIpc) is 2.68. The number of benzene rings is 1. The molecule has 4 heteroatoms. The summed E-state index contributed by atoms with van der Waals surface area (Å²) in [5.41, 5.74) is 2.34. The van der Waals surface area contributed by atoms with Gasteiger partial charge in [-0.1, -0.05) is 12.1 Å². The molecule has 0 saturated carbocycles. The van der Waals surface area contributed by atoms with E-state index in [1.165, 1.54) is 6.07 Å². The van der Waals surface area contributed by atoms with Crippen LogP contribution in [0.3, 0.4) is 0 Å². The number of rotatable bonds is 1. The fourth-order valence-electron chi connectivity index (χ4n) is 3.24. The SMILES string of the molecule is O=S1C2C=C(c3cc4cccnc4cc3F)CC1CC2. The van der Waals surface area contributed by atoms with Crippen LogP contribution in [0.25, 0.3) is 16.5 Å². The molecule has 1 saturated heterocycles. The number of halogens is 1. The van der Waals surface area contributed by atoms with E-state index in [1.54, 1.807) is 6.20 Å². The van der Waals surface area contributed by atoms with Crippen molar-refractivity contribution in [3.63, 3.8) is 0 Å². The molecule has 2 aliphatic heterocycles. The van der Waals surface area contributed by atoms with Crippen LogP contribution in [0.4, 0.5) is 4.39 Å². The third kappa shape index (κ3) is 1.82. The third-order valence-corrected chi connectivity index (χ3v) is 6.30. The molecule has 2 bridgehead atoms. The summed E-state index contributed by atoms with van der Waals surface area (Å²) in [5, 5.41) is 1.28. The molecule has 1 fully saturated rings. The Morgan fingerprint density at radius 1 is 1.30 bits per heavy atom. The van der Waals surface area contributed by atoms with Crippen LogP contribution in [0, 0.1) is 5.82 Å². The maximum Gasteiger partial charge on any atom is 0.132 e. The van der Waals surface area contributed by atoms with Gasteiger partial charge in [0, 0.05) is 39.3 Å². The van der Waals surface area contributed by atoms with Crippen LogP contribution in [-0.2, 0) is 10.8 Å². The number of aromatic nitrogens is 1. The van der Waals surface area contributed by atoms with Crippen molar-refractivity contribution in [2.45, 2.75) is 29.8 Å². The van der Waals surface area contributed by atoms with Gasteiger partial charge in [-0.05, 0) is 37.0 Å². The predicted molar refractivity (Wildman–Crippen MR) is 79.2 cm³/mol. The highest BCUT2D eigenvalue weighted by molar-refractivity contribution is 7.86. The van der Waals surface area contributed by atoms with Crippen molar-refractivity contribution in [1.29, 1.82) is 0 Å². The first-order valence-electron chi connectivity index (χ1n) is 6.87. The largest absolute Gasteiger partial charge is 0.259 e. The van der Waals surface area contributed by atoms with Crippen molar-refractivity contribution < 1.29 is 8.60 Å². The molecule has 0 amide bonds. The Hall–Kier alpha value is -1.55. The summed E-state index contributed by atoms with van der Waals surface area (Å²) < 4.78 is 26.3. The van der Waals surface area contributed by atoms with Gasteiger partial charge in [-0.3, -0.25) is 9.19 Å². The third-order valence-electron chi connectivity index (χ3n) is 4.27. The van der Waals surface area contributed by atoms with Crippen LogP contribution >= 0.6 is 0 Å². The zero-order chi connectivity index (χ0) is 13.7. The second-order valence-corrected chi connectivity index (χ2v) is 7.42. The standard InChI is InChI=1S/C16H14FNOS/c17-15-9-16-10(2-1-5-18-16)8-14(15)11-6-12-3-4-13(7-11)20(12)19/h1-2,5-6,8-9,12-13H,3-4,7H2. The van der Waals surface area contributed by atoms with E-state index in [1.807, 2.05) is 24.3 Å². The maximum atomic E-state index is 14.3. The summed E-state index contributed by atoms with van der Waals surface area (Å²) in [4.78, 5) is 4.17. The van der Waals surface area contributed by atoms with E-state index in [9.17, 15) is 8.60 Å². The molecule has 20 heavy (non-hydrogen) atoms. The van der Waals surface area contributed by atoms with E-state index < -0.39 is 10.8 Å². The Morgan fingerprint density at radius 3 is 3.05 bits per heavy atom. The average molecular weight is 287 g/mol. The minimum atomic E-state index is -0.758. The Kier molecular flexibility index (Phi) is 2.74. The molecule has 2 aliphatic rings. The fraction of sp³-hybridized carbons (Fsp3) is 0.312. The van der Waals surface area contributed by atoms with E-state index in [2.05, 4.69) is 4.98 Å². The van der Waals surface area contributed by atoms with E-state index >= 15 is 0 Å². The van der Waals surface area contributed by atoms with Crippen LogP contribution < -0.4 is 0 Å². The molecule has 1 aromatic carbocycles. The van der Waals surface area contributed by atoms with Gasteiger partial charge in [-0.25, -0.2) is 4.39 Å². The van der Waals surface area contributed by atoms with Crippen LogP contribution in [0.2, 0.25) is 0 Å². The van der Waals surface area contributed by atoms with E-state index in [4.69, 9.17) is 0 Å². The molecule has 3 atom stereocenters. The normalized spacial score (nSPS) is 28.6. The topological polar surface area (TPSA) is 30.0 Å². The van der Waals surface area contributed by atoms with Crippen LogP contribution in [0.1, 0.15) is 24.8 Å². The molecule has 3 heterocycles. The molecule has 0 radical (unpaired) electrons. The minimum absolute atomic E-state index is 0.118. The highest BCUT2D eigenvalue weighted by Crippen LogP contribution is 2.39. The molecule has 0 spiro atoms. The van der Waals surface area contributed by atoms with Gasteiger partial charge in [-0.2, -0.15) is 0 Å². The van der Waals surface area contributed by atoms with Gasteiger partial charge in [0.15, 0.2) is 0 Å². The Balaban J connectivity index is 1.85. The summed E-state index contributed by atoms with van der Waals surface area (Å²) in [6, 6.07) is 7.18. The highest BCUT2D eigenvalue weighted by atomic mass is 32.2. The fourth-order valence-corrected chi connectivity index (χ4v) is 5.12. The number of hydrogen-bond acceptors (Lipinski definition) is 2. The number of nitrogens with zero attached hydrogens (tertiary/aromatic N) is 1. The monoisotopic (exact) mass is 287 g/mol. The number of fused-ring (bicyclic) bond motifs is 3. The predicted octanol–water partition coefficient (Wildman–Crippen LogP) is 3.44. The lowest BCUT2D eigenvalue weighted by Crippen LogP contribution is -2.20. The first-order valence-corrected chi connectivity index (χ1v) is 8.15. The maximum absolute atomic E-state index is 14.3. The van der Waals surface area contributed by atoms with Crippen molar-refractivity contribution >= 4 is 27.3 Å². The second-order valence-electron chi connectivity index (χ2n) is 5.49. The molecule has 0 N–H and O–H groups in total.